The van der Waals surface area contributed by atoms with Crippen LogP contribution in [0.2, 0.25) is 0 Å². The summed E-state index contributed by atoms with van der Waals surface area (Å²) in [5.41, 5.74) is -0.303. The molecule has 14 heteroatoms. The number of ether oxygens (including phenoxy) is 5. The summed E-state index contributed by atoms with van der Waals surface area (Å²) in [6, 6.07) is 0. The molecule has 13 nitrogen and oxygen atoms in total. The van der Waals surface area contributed by atoms with Gasteiger partial charge in [-0.2, -0.15) is 0 Å². The van der Waals surface area contributed by atoms with Crippen LogP contribution in [-0.2, 0) is 42.1 Å². The molecule has 4 N–H and O–H groups in total. The molecule has 0 spiro atoms. The van der Waals surface area contributed by atoms with Crippen LogP contribution >= 0.6 is 7.82 Å². The molecule has 0 aliphatic carbocycles. The van der Waals surface area contributed by atoms with Crippen molar-refractivity contribution in [3.8, 4) is 0 Å². The second-order valence-corrected chi connectivity index (χ2v) is 13.9. The molecule has 0 bridgehead atoms. The molecular formula is C29H55O13P. The van der Waals surface area contributed by atoms with E-state index in [-0.39, 0.29) is 56.1 Å². The molecule has 0 radical (unpaired) electrons. The normalized spacial score (nSPS) is 31.3. The van der Waals surface area contributed by atoms with E-state index in [2.05, 4.69) is 0 Å². The van der Waals surface area contributed by atoms with Crippen LogP contribution < -0.4 is 0 Å². The third-order valence-corrected chi connectivity index (χ3v) is 8.63. The Kier molecular flexibility index (Phi) is 17.3. The average Bonchev–Trinajstić information content (AvgIpc) is 3.32. The Balaban J connectivity index is 1.53. The first-order valence-electron chi connectivity index (χ1n) is 15.5. The van der Waals surface area contributed by atoms with Crippen LogP contribution in [0, 0.1) is 11.8 Å². The van der Waals surface area contributed by atoms with Gasteiger partial charge < -0.3 is 43.9 Å². The summed E-state index contributed by atoms with van der Waals surface area (Å²) in [5.74, 6) is -0.542. The number of hydrogen-bond acceptors (Lipinski definition) is 12. The number of hydrogen-bond donors (Lipinski definition) is 4. The highest BCUT2D eigenvalue weighted by atomic mass is 31.2. The van der Waals surface area contributed by atoms with Crippen molar-refractivity contribution in [3.63, 3.8) is 0 Å². The van der Waals surface area contributed by atoms with Gasteiger partial charge in [-0.25, -0.2) is 4.57 Å². The summed E-state index contributed by atoms with van der Waals surface area (Å²) in [6.45, 7) is 9.49. The summed E-state index contributed by atoms with van der Waals surface area (Å²) in [7, 11) is -4.34. The molecule has 2 saturated heterocycles. The quantitative estimate of drug-likeness (QED) is 0.106. The van der Waals surface area contributed by atoms with Crippen LogP contribution in [0.5, 0.6) is 0 Å². The predicted octanol–water partition coefficient (Wildman–Crippen LogP) is 3.09. The predicted molar refractivity (Wildman–Crippen MR) is 156 cm³/mol. The first-order chi connectivity index (χ1) is 20.3. The van der Waals surface area contributed by atoms with Gasteiger partial charge in [0.1, 0.15) is 18.8 Å². The molecule has 0 saturated carbocycles. The molecule has 0 amide bonds. The van der Waals surface area contributed by atoms with Crippen molar-refractivity contribution in [1.29, 1.82) is 0 Å². The van der Waals surface area contributed by atoms with Gasteiger partial charge in [-0.3, -0.25) is 13.8 Å². The molecule has 2 fully saturated rings. The largest absolute Gasteiger partial charge is 0.472 e. The molecule has 2 rings (SSSR count). The van der Waals surface area contributed by atoms with E-state index in [1.165, 1.54) is 0 Å². The monoisotopic (exact) mass is 642 g/mol. The SMILES string of the molecule is CC1[C@H](OCC(=O)CCCCCCCO[C@@H]2C[C@@H](OP(=O)(O)OCCCOC(C)(C)C)C(CO)O2)OC(CO)[C@H](C)[C@@H]1O. The first kappa shape index (κ1) is 38.6. The zero-order valence-electron chi connectivity index (χ0n) is 26.4. The van der Waals surface area contributed by atoms with Crippen LogP contribution in [0.1, 0.15) is 86.0 Å². The highest BCUT2D eigenvalue weighted by molar-refractivity contribution is 7.47. The summed E-state index contributed by atoms with van der Waals surface area (Å²) >= 11 is 0. The van der Waals surface area contributed by atoms with Crippen molar-refractivity contribution in [2.24, 2.45) is 11.8 Å². The standard InChI is InChI=1S/C29H55O13P/c1-20-24(17-30)41-28(21(2)27(20)33)37-19-22(32)12-9-7-6-8-10-13-36-26-16-23(25(18-31)40-26)42-43(34,35)39-15-11-14-38-29(3,4)5/h20-21,23-28,30-31,33H,6-19H2,1-5H3,(H,34,35)/t20-,21?,23+,24?,25?,26-,27-,28+/m0/s1. The number of phosphoric ester groups is 1. The van der Waals surface area contributed by atoms with Crippen molar-refractivity contribution in [2.45, 2.75) is 129 Å². The minimum absolute atomic E-state index is 0.00595. The molecule has 2 heterocycles. The Labute approximate surface area is 256 Å². The van der Waals surface area contributed by atoms with Crippen molar-refractivity contribution in [2.75, 3.05) is 39.6 Å². The topological polar surface area (TPSA) is 180 Å². The number of aliphatic hydroxyl groups is 3. The molecule has 43 heavy (non-hydrogen) atoms. The molecule has 0 aromatic heterocycles. The van der Waals surface area contributed by atoms with Crippen molar-refractivity contribution >= 4 is 13.6 Å². The number of phosphoric acid groups is 1. The molecular weight excluding hydrogens is 587 g/mol. The lowest BCUT2D eigenvalue weighted by Gasteiger charge is -2.41. The van der Waals surface area contributed by atoms with Gasteiger partial charge in [0.15, 0.2) is 18.4 Å². The molecule has 2 aliphatic rings. The number of carbonyl (C=O) groups excluding carboxylic acids is 1. The fourth-order valence-corrected chi connectivity index (χ4v) is 5.96. The van der Waals surface area contributed by atoms with Crippen LogP contribution in [-0.4, -0.2) is 108 Å². The molecule has 2 aliphatic heterocycles. The number of Topliss-reactive ketones (excluding diaryl/α,β-unsaturated/α-hetero) is 1. The first-order valence-corrected chi connectivity index (χ1v) is 17.0. The average molecular weight is 643 g/mol. The highest BCUT2D eigenvalue weighted by Crippen LogP contribution is 2.47. The second kappa shape index (κ2) is 19.2. The van der Waals surface area contributed by atoms with Gasteiger partial charge in [-0.05, 0) is 40.0 Å². The van der Waals surface area contributed by atoms with E-state index >= 15 is 0 Å². The number of carbonyl (C=O) groups is 1. The molecule has 4 unspecified atom stereocenters. The maximum atomic E-state index is 12.3. The van der Waals surface area contributed by atoms with Crippen LogP contribution in [0.15, 0.2) is 0 Å². The second-order valence-electron chi connectivity index (χ2n) is 12.5. The lowest BCUT2D eigenvalue weighted by Crippen LogP contribution is -2.51. The van der Waals surface area contributed by atoms with Gasteiger partial charge >= 0.3 is 7.82 Å². The summed E-state index contributed by atoms with van der Waals surface area (Å²) < 4.78 is 50.9. The Bertz CT molecular complexity index is 836. The van der Waals surface area contributed by atoms with Crippen molar-refractivity contribution in [3.05, 3.63) is 0 Å². The maximum absolute atomic E-state index is 12.3. The zero-order chi connectivity index (χ0) is 32.0. The van der Waals surface area contributed by atoms with Gasteiger partial charge in [-0.15, -0.1) is 0 Å². The van der Waals surface area contributed by atoms with E-state index in [0.717, 1.165) is 32.1 Å². The Morgan fingerprint density at radius 2 is 1.56 bits per heavy atom. The van der Waals surface area contributed by atoms with Crippen molar-refractivity contribution < 1.29 is 62.3 Å². The zero-order valence-corrected chi connectivity index (χ0v) is 27.3. The molecule has 0 aromatic carbocycles. The van der Waals surface area contributed by atoms with Gasteiger partial charge in [0.05, 0.1) is 37.6 Å². The number of ketones is 1. The van der Waals surface area contributed by atoms with Crippen LogP contribution in [0.3, 0.4) is 0 Å². The Hall–Kier alpha value is -0.540. The van der Waals surface area contributed by atoms with E-state index < -0.39 is 44.8 Å². The van der Waals surface area contributed by atoms with Crippen LogP contribution in [0.25, 0.3) is 0 Å². The smallest absolute Gasteiger partial charge is 0.394 e. The van der Waals surface area contributed by atoms with E-state index in [1.54, 1.807) is 6.92 Å². The Morgan fingerprint density at radius 1 is 0.884 bits per heavy atom. The van der Waals surface area contributed by atoms with Crippen LogP contribution in [0.4, 0.5) is 0 Å². The third kappa shape index (κ3) is 14.6. The molecule has 9 atom stereocenters. The number of aliphatic hydroxyl groups excluding tert-OH is 3. The summed E-state index contributed by atoms with van der Waals surface area (Å²) in [6.07, 6.45) is 1.01. The summed E-state index contributed by atoms with van der Waals surface area (Å²) in [5, 5.41) is 29.4. The van der Waals surface area contributed by atoms with Gasteiger partial charge in [0, 0.05) is 37.9 Å². The number of unbranched alkanes of at least 4 members (excludes halogenated alkanes) is 4. The van der Waals surface area contributed by atoms with Crippen molar-refractivity contribution in [1.82, 2.24) is 0 Å². The minimum Gasteiger partial charge on any atom is -0.394 e. The van der Waals surface area contributed by atoms with Gasteiger partial charge in [0.25, 0.3) is 0 Å². The van der Waals surface area contributed by atoms with E-state index in [0.29, 0.717) is 26.1 Å². The van der Waals surface area contributed by atoms with Gasteiger partial charge in [0.2, 0.25) is 0 Å². The van der Waals surface area contributed by atoms with E-state index in [9.17, 15) is 29.6 Å². The van der Waals surface area contributed by atoms with E-state index in [4.69, 9.17) is 32.7 Å². The summed E-state index contributed by atoms with van der Waals surface area (Å²) in [4.78, 5) is 22.3. The lowest BCUT2D eigenvalue weighted by atomic mass is 9.86. The molecule has 0 aromatic rings. The Morgan fingerprint density at radius 3 is 2.23 bits per heavy atom. The van der Waals surface area contributed by atoms with E-state index in [1.807, 2.05) is 27.7 Å². The minimum atomic E-state index is -4.34. The fraction of sp³-hybridized carbons (Fsp3) is 0.966. The highest BCUT2D eigenvalue weighted by Gasteiger charge is 2.42. The molecule has 254 valence electrons. The van der Waals surface area contributed by atoms with Gasteiger partial charge in [-0.1, -0.05) is 33.1 Å². The lowest BCUT2D eigenvalue weighted by molar-refractivity contribution is -0.265. The fourth-order valence-electron chi connectivity index (χ4n) is 4.97. The number of rotatable bonds is 21. The maximum Gasteiger partial charge on any atom is 0.472 e. The third-order valence-electron chi connectivity index (χ3n) is 7.59.